The van der Waals surface area contributed by atoms with Gasteiger partial charge < -0.3 is 14.4 Å². The first kappa shape index (κ1) is 18.7. The van der Waals surface area contributed by atoms with Crippen molar-refractivity contribution in [3.8, 4) is 11.5 Å². The average molecular weight is 396 g/mol. The van der Waals surface area contributed by atoms with E-state index in [1.54, 1.807) is 12.1 Å². The highest BCUT2D eigenvalue weighted by atomic mass is 32.2. The molecule has 0 radical (unpaired) electrons. The summed E-state index contributed by atoms with van der Waals surface area (Å²) in [4.78, 5) is 13.8. The Hall–Kier alpha value is -2.10. The van der Waals surface area contributed by atoms with E-state index in [-0.39, 0.29) is 4.90 Å². The average Bonchev–Trinajstić information content (AvgIpc) is 3.16. The Morgan fingerprint density at radius 2 is 1.69 bits per heavy atom. The lowest BCUT2D eigenvalue weighted by molar-refractivity contribution is 0.112. The van der Waals surface area contributed by atoms with Crippen LogP contribution in [0.5, 0.6) is 11.5 Å². The highest BCUT2D eigenvalue weighted by Crippen LogP contribution is 2.31. The number of thiophene rings is 1. The summed E-state index contributed by atoms with van der Waals surface area (Å²) in [6.45, 7) is 1.91. The van der Waals surface area contributed by atoms with Gasteiger partial charge in [0.05, 0.1) is 29.0 Å². The number of aldehydes is 1. The number of carbonyl (C=O) groups excluding carboxylic acids is 1. The van der Waals surface area contributed by atoms with Crippen molar-refractivity contribution in [1.29, 1.82) is 0 Å². The summed E-state index contributed by atoms with van der Waals surface area (Å²) in [6, 6.07) is 8.27. The van der Waals surface area contributed by atoms with E-state index in [4.69, 9.17) is 9.47 Å². The van der Waals surface area contributed by atoms with Crippen molar-refractivity contribution in [2.45, 2.75) is 4.90 Å². The first-order valence-corrected chi connectivity index (χ1v) is 10.3. The van der Waals surface area contributed by atoms with Crippen LogP contribution in [0.4, 0.5) is 5.00 Å². The largest absolute Gasteiger partial charge is 0.493 e. The molecule has 1 aliphatic heterocycles. The summed E-state index contributed by atoms with van der Waals surface area (Å²) in [7, 11) is -0.627. The SMILES string of the molecule is COc1ccc(S(=O)(=O)N2CCN(c3ccc(C=O)s3)CC2)cc1OC. The Labute approximate surface area is 156 Å². The van der Waals surface area contributed by atoms with Gasteiger partial charge in [0.1, 0.15) is 0 Å². The minimum absolute atomic E-state index is 0.183. The molecule has 0 saturated carbocycles. The number of piperazine rings is 1. The molecule has 0 spiro atoms. The highest BCUT2D eigenvalue weighted by molar-refractivity contribution is 7.89. The summed E-state index contributed by atoms with van der Waals surface area (Å²) in [5, 5.41) is 0.982. The fourth-order valence-corrected chi connectivity index (χ4v) is 5.16. The summed E-state index contributed by atoms with van der Waals surface area (Å²) in [6.07, 6.45) is 0.825. The second kappa shape index (κ2) is 7.65. The van der Waals surface area contributed by atoms with Crippen molar-refractivity contribution >= 4 is 32.6 Å². The van der Waals surface area contributed by atoms with Crippen LogP contribution in [-0.4, -0.2) is 59.4 Å². The van der Waals surface area contributed by atoms with Gasteiger partial charge in [-0.2, -0.15) is 4.31 Å². The Morgan fingerprint density at radius 3 is 2.27 bits per heavy atom. The number of rotatable bonds is 6. The molecule has 0 amide bonds. The smallest absolute Gasteiger partial charge is 0.243 e. The third-order valence-corrected chi connectivity index (χ3v) is 7.24. The number of methoxy groups -OCH3 is 2. The third kappa shape index (κ3) is 3.55. The molecule has 26 heavy (non-hydrogen) atoms. The topological polar surface area (TPSA) is 76.2 Å². The number of hydrogen-bond acceptors (Lipinski definition) is 7. The minimum atomic E-state index is -3.61. The zero-order valence-electron chi connectivity index (χ0n) is 14.5. The van der Waals surface area contributed by atoms with Crippen LogP contribution in [0.2, 0.25) is 0 Å². The van der Waals surface area contributed by atoms with Crippen molar-refractivity contribution in [2.24, 2.45) is 0 Å². The highest BCUT2D eigenvalue weighted by Gasteiger charge is 2.29. The molecule has 1 saturated heterocycles. The molecule has 140 valence electrons. The molecule has 9 heteroatoms. The van der Waals surface area contributed by atoms with E-state index in [0.717, 1.165) is 11.3 Å². The van der Waals surface area contributed by atoms with Crippen LogP contribution < -0.4 is 14.4 Å². The number of ether oxygens (including phenoxy) is 2. The van der Waals surface area contributed by atoms with Gasteiger partial charge in [-0.25, -0.2) is 8.42 Å². The van der Waals surface area contributed by atoms with E-state index in [2.05, 4.69) is 4.90 Å². The van der Waals surface area contributed by atoms with Crippen molar-refractivity contribution in [3.05, 3.63) is 35.2 Å². The quantitative estimate of drug-likeness (QED) is 0.696. The summed E-state index contributed by atoms with van der Waals surface area (Å²) < 4.78 is 37.7. The monoisotopic (exact) mass is 396 g/mol. The van der Waals surface area contributed by atoms with Crippen LogP contribution in [0.15, 0.2) is 35.2 Å². The Morgan fingerprint density at radius 1 is 1.00 bits per heavy atom. The third-order valence-electron chi connectivity index (χ3n) is 4.27. The molecular weight excluding hydrogens is 376 g/mol. The maximum absolute atomic E-state index is 12.9. The van der Waals surface area contributed by atoms with Gasteiger partial charge in [-0.1, -0.05) is 0 Å². The van der Waals surface area contributed by atoms with Gasteiger partial charge >= 0.3 is 0 Å². The number of anilines is 1. The van der Waals surface area contributed by atoms with Crippen molar-refractivity contribution in [1.82, 2.24) is 4.31 Å². The molecule has 1 aromatic heterocycles. The van der Waals surface area contributed by atoms with Gasteiger partial charge in [-0.3, -0.25) is 4.79 Å². The van der Waals surface area contributed by atoms with Crippen LogP contribution in [0.1, 0.15) is 9.67 Å². The van der Waals surface area contributed by atoms with Crippen LogP contribution in [0, 0.1) is 0 Å². The van der Waals surface area contributed by atoms with Gasteiger partial charge in [0.2, 0.25) is 10.0 Å². The molecule has 0 atom stereocenters. The lowest BCUT2D eigenvalue weighted by Gasteiger charge is -2.34. The molecule has 3 rings (SSSR count). The zero-order chi connectivity index (χ0) is 18.7. The van der Waals surface area contributed by atoms with E-state index in [1.807, 2.05) is 6.07 Å². The van der Waals surface area contributed by atoms with Crippen LogP contribution in [0.3, 0.4) is 0 Å². The molecular formula is C17H20N2O5S2. The van der Waals surface area contributed by atoms with E-state index < -0.39 is 10.0 Å². The van der Waals surface area contributed by atoms with Crippen LogP contribution in [0.25, 0.3) is 0 Å². The maximum atomic E-state index is 12.9. The first-order chi connectivity index (χ1) is 12.5. The molecule has 0 unspecified atom stereocenters. The predicted molar refractivity (Wildman–Crippen MR) is 100 cm³/mol. The fraction of sp³-hybridized carbons (Fsp3) is 0.353. The molecule has 1 aromatic carbocycles. The van der Waals surface area contributed by atoms with Crippen molar-refractivity contribution in [2.75, 3.05) is 45.3 Å². The lowest BCUT2D eigenvalue weighted by atomic mass is 10.3. The Balaban J connectivity index is 1.74. The Bertz CT molecular complexity index is 886. The molecule has 0 N–H and O–H groups in total. The van der Waals surface area contributed by atoms with Gasteiger partial charge in [0, 0.05) is 32.2 Å². The second-order valence-electron chi connectivity index (χ2n) is 5.70. The normalized spacial score (nSPS) is 15.7. The first-order valence-electron chi connectivity index (χ1n) is 8.01. The number of nitrogens with zero attached hydrogens (tertiary/aromatic N) is 2. The van der Waals surface area contributed by atoms with Gasteiger partial charge in [0.25, 0.3) is 0 Å². The summed E-state index contributed by atoms with van der Waals surface area (Å²) in [5.41, 5.74) is 0. The standard InChI is InChI=1S/C17H20N2O5S2/c1-23-15-5-4-14(11-16(15)24-2)26(21,22)19-9-7-18(8-10-19)17-6-3-13(12-20)25-17/h3-6,11-12H,7-10H2,1-2H3. The minimum Gasteiger partial charge on any atom is -0.493 e. The summed E-state index contributed by atoms with van der Waals surface area (Å²) in [5.74, 6) is 0.868. The Kier molecular flexibility index (Phi) is 5.49. The fourth-order valence-electron chi connectivity index (χ4n) is 2.85. The molecule has 2 heterocycles. The molecule has 1 fully saturated rings. The van der Waals surface area contributed by atoms with Crippen molar-refractivity contribution in [3.63, 3.8) is 0 Å². The molecule has 0 aliphatic carbocycles. The molecule has 7 nitrogen and oxygen atoms in total. The lowest BCUT2D eigenvalue weighted by Crippen LogP contribution is -2.48. The van der Waals surface area contributed by atoms with Crippen LogP contribution >= 0.6 is 11.3 Å². The van der Waals surface area contributed by atoms with E-state index >= 15 is 0 Å². The molecule has 2 aromatic rings. The van der Waals surface area contributed by atoms with Gasteiger partial charge in [-0.05, 0) is 24.3 Å². The number of benzene rings is 1. The number of sulfonamides is 1. The predicted octanol–water partition coefficient (Wildman–Crippen LogP) is 2.09. The van der Waals surface area contributed by atoms with E-state index in [9.17, 15) is 13.2 Å². The molecule has 0 bridgehead atoms. The molecule has 1 aliphatic rings. The number of hydrogen-bond donors (Lipinski definition) is 0. The van der Waals surface area contributed by atoms with E-state index in [0.29, 0.717) is 42.6 Å². The number of carbonyl (C=O) groups is 1. The second-order valence-corrected chi connectivity index (χ2v) is 8.73. The van der Waals surface area contributed by atoms with Gasteiger partial charge in [0.15, 0.2) is 17.8 Å². The zero-order valence-corrected chi connectivity index (χ0v) is 16.2. The van der Waals surface area contributed by atoms with Crippen LogP contribution in [-0.2, 0) is 10.0 Å². The van der Waals surface area contributed by atoms with Crippen molar-refractivity contribution < 1.29 is 22.7 Å². The van der Waals surface area contributed by atoms with E-state index in [1.165, 1.54) is 42.0 Å². The summed E-state index contributed by atoms with van der Waals surface area (Å²) >= 11 is 1.41. The maximum Gasteiger partial charge on any atom is 0.243 e. The van der Waals surface area contributed by atoms with Gasteiger partial charge in [-0.15, -0.1) is 11.3 Å².